The van der Waals surface area contributed by atoms with E-state index in [1.807, 2.05) is 23.5 Å². The zero-order valence-electron chi connectivity index (χ0n) is 17.1. The fourth-order valence-corrected chi connectivity index (χ4v) is 5.51. The molecule has 11 heteroatoms. The Bertz CT molecular complexity index is 437. The van der Waals surface area contributed by atoms with Crippen molar-refractivity contribution in [1.29, 1.82) is 0 Å². The summed E-state index contributed by atoms with van der Waals surface area (Å²) >= 11 is 3.91. The third-order valence-corrected chi connectivity index (χ3v) is 7.51. The van der Waals surface area contributed by atoms with Crippen molar-refractivity contribution in [1.82, 2.24) is 0 Å². The molecule has 27 heavy (non-hydrogen) atoms. The van der Waals surface area contributed by atoms with Crippen molar-refractivity contribution < 1.29 is 23.4 Å². The molecule has 0 amide bonds. The first-order chi connectivity index (χ1) is 12.3. The fraction of sp³-hybridized carbons (Fsp3) is 1.00. The Balaban J connectivity index is 3.64. The van der Waals surface area contributed by atoms with Crippen LogP contribution in [0.15, 0.2) is 0 Å². The van der Waals surface area contributed by atoms with Gasteiger partial charge in [0.05, 0.1) is 13.2 Å². The van der Waals surface area contributed by atoms with E-state index < -0.39 is 16.3 Å². The number of thioether (sulfide) groups is 2. The summed E-state index contributed by atoms with van der Waals surface area (Å²) < 4.78 is 20.7. The molecule has 0 rings (SSSR count). The highest BCUT2D eigenvalue weighted by molar-refractivity contribution is 8.02. The first kappa shape index (κ1) is 28.1. The van der Waals surface area contributed by atoms with Gasteiger partial charge in [-0.05, 0) is 48.0 Å². The molecule has 0 radical (unpaired) electrons. The van der Waals surface area contributed by atoms with Gasteiger partial charge >= 0.3 is 7.75 Å². The van der Waals surface area contributed by atoms with Gasteiger partial charge in [-0.1, -0.05) is 27.7 Å². The summed E-state index contributed by atoms with van der Waals surface area (Å²) in [5.74, 6) is 4.44. The molecule has 0 aliphatic heterocycles. The number of hydrogen-bond acceptors (Lipinski definition) is 7. The SMILES string of the molecule is CC(C)(CCOP(N)O)CCSCCSCCC(C)(C)CCOP(N)(=O)O. The van der Waals surface area contributed by atoms with Crippen LogP contribution in [0.25, 0.3) is 0 Å². The summed E-state index contributed by atoms with van der Waals surface area (Å²) in [6.45, 7) is 9.43. The Kier molecular flexibility index (Phi) is 14.8. The lowest BCUT2D eigenvalue weighted by atomic mass is 9.87. The van der Waals surface area contributed by atoms with E-state index >= 15 is 0 Å². The quantitative estimate of drug-likeness (QED) is 0.184. The van der Waals surface area contributed by atoms with Crippen molar-refractivity contribution in [2.75, 3.05) is 36.2 Å². The number of rotatable bonds is 17. The lowest BCUT2D eigenvalue weighted by molar-refractivity contribution is 0.202. The van der Waals surface area contributed by atoms with Gasteiger partial charge in [0.1, 0.15) is 0 Å². The topological polar surface area (TPSA) is 128 Å². The molecule has 0 aromatic carbocycles. The number of hydrogen-bond donors (Lipinski definition) is 4. The van der Waals surface area contributed by atoms with Crippen LogP contribution in [0.5, 0.6) is 0 Å². The maximum atomic E-state index is 10.9. The van der Waals surface area contributed by atoms with E-state index in [9.17, 15) is 4.57 Å². The van der Waals surface area contributed by atoms with Crippen molar-refractivity contribution >= 4 is 39.8 Å². The summed E-state index contributed by atoms with van der Waals surface area (Å²) in [6.07, 6.45) is 3.76. The van der Waals surface area contributed by atoms with E-state index in [4.69, 9.17) is 29.8 Å². The zero-order chi connectivity index (χ0) is 21.0. The third kappa shape index (κ3) is 20.2. The van der Waals surface area contributed by atoms with Crippen molar-refractivity contribution in [2.24, 2.45) is 21.8 Å². The van der Waals surface area contributed by atoms with Crippen LogP contribution >= 0.6 is 39.8 Å². The first-order valence-corrected chi connectivity index (χ1v) is 14.3. The normalized spacial score (nSPS) is 16.3. The summed E-state index contributed by atoms with van der Waals surface area (Å²) in [4.78, 5) is 17.9. The Hall–Kier alpha value is 1.12. The lowest BCUT2D eigenvalue weighted by Gasteiger charge is -2.25. The zero-order valence-corrected chi connectivity index (χ0v) is 20.5. The molecule has 6 N–H and O–H groups in total. The molecule has 0 heterocycles. The molecule has 0 aromatic rings. The predicted molar refractivity (Wildman–Crippen MR) is 120 cm³/mol. The molecule has 0 spiro atoms. The van der Waals surface area contributed by atoms with Crippen LogP contribution in [-0.4, -0.2) is 46.0 Å². The van der Waals surface area contributed by atoms with Gasteiger partial charge in [0, 0.05) is 11.5 Å². The molecule has 164 valence electrons. The van der Waals surface area contributed by atoms with Gasteiger partial charge in [0.2, 0.25) is 8.53 Å². The predicted octanol–water partition coefficient (Wildman–Crippen LogP) is 4.34. The largest absolute Gasteiger partial charge is 0.400 e. The van der Waals surface area contributed by atoms with Crippen LogP contribution in [0, 0.1) is 10.8 Å². The highest BCUT2D eigenvalue weighted by atomic mass is 32.2. The molecule has 0 aliphatic rings. The average Bonchev–Trinajstić information content (AvgIpc) is 2.47. The van der Waals surface area contributed by atoms with Crippen molar-refractivity contribution in [2.45, 2.75) is 53.4 Å². The molecule has 2 atom stereocenters. The van der Waals surface area contributed by atoms with Gasteiger partial charge < -0.3 is 14.3 Å². The minimum absolute atomic E-state index is 0.0693. The van der Waals surface area contributed by atoms with Crippen molar-refractivity contribution in [3.63, 3.8) is 0 Å². The fourth-order valence-electron chi connectivity index (χ4n) is 2.14. The Morgan fingerprint density at radius 2 is 1.37 bits per heavy atom. The highest BCUT2D eigenvalue weighted by Gasteiger charge is 2.20. The molecule has 0 fully saturated rings. The van der Waals surface area contributed by atoms with E-state index in [2.05, 4.69) is 27.7 Å². The molecule has 2 unspecified atom stereocenters. The first-order valence-electron chi connectivity index (χ1n) is 9.11. The van der Waals surface area contributed by atoms with Gasteiger partial charge in [-0.25, -0.2) is 10.1 Å². The van der Waals surface area contributed by atoms with E-state index in [1.54, 1.807) is 0 Å². The Labute approximate surface area is 174 Å². The standard InChI is InChI=1S/C16H38N2O5P2S2/c1-15(2,5-9-22-24(17)19)7-11-26-13-14-27-12-8-16(3,4)6-10-23-25(18,20)21/h19H,5-14,17H2,1-4H3,(H3,18,20,21). The van der Waals surface area contributed by atoms with E-state index in [0.29, 0.717) is 13.0 Å². The van der Waals surface area contributed by atoms with E-state index in [0.717, 1.165) is 42.3 Å². The monoisotopic (exact) mass is 464 g/mol. The minimum Gasteiger partial charge on any atom is -0.338 e. The van der Waals surface area contributed by atoms with Crippen LogP contribution in [0.3, 0.4) is 0 Å². The molecule has 0 saturated carbocycles. The lowest BCUT2D eigenvalue weighted by Crippen LogP contribution is -2.16. The van der Waals surface area contributed by atoms with Gasteiger partial charge in [-0.3, -0.25) is 10.0 Å². The van der Waals surface area contributed by atoms with Gasteiger partial charge in [0.25, 0.3) is 0 Å². The molecular weight excluding hydrogens is 426 g/mol. The summed E-state index contributed by atoms with van der Waals surface area (Å²) in [6, 6.07) is 0. The van der Waals surface area contributed by atoms with Crippen LogP contribution < -0.4 is 11.0 Å². The summed E-state index contributed by atoms with van der Waals surface area (Å²) in [5.41, 5.74) is 10.5. The Morgan fingerprint density at radius 3 is 1.78 bits per heavy atom. The van der Waals surface area contributed by atoms with Crippen LogP contribution in [-0.2, 0) is 13.6 Å². The minimum atomic E-state index is -3.85. The summed E-state index contributed by atoms with van der Waals surface area (Å²) in [5, 5.41) is 0. The second-order valence-electron chi connectivity index (χ2n) is 8.09. The molecular formula is C16H38N2O5P2S2. The maximum Gasteiger partial charge on any atom is 0.400 e. The molecule has 0 saturated heterocycles. The molecule has 0 aliphatic carbocycles. The van der Waals surface area contributed by atoms with Crippen molar-refractivity contribution in [3.05, 3.63) is 0 Å². The van der Waals surface area contributed by atoms with Gasteiger partial charge in [-0.2, -0.15) is 23.5 Å². The molecule has 0 bridgehead atoms. The summed E-state index contributed by atoms with van der Waals surface area (Å²) in [7, 11) is -5.59. The van der Waals surface area contributed by atoms with Gasteiger partial charge in [-0.15, -0.1) is 0 Å². The molecule has 0 aromatic heterocycles. The number of nitrogens with two attached hydrogens (primary N) is 2. The van der Waals surface area contributed by atoms with Crippen LogP contribution in [0.1, 0.15) is 53.4 Å². The van der Waals surface area contributed by atoms with Crippen molar-refractivity contribution in [3.8, 4) is 0 Å². The van der Waals surface area contributed by atoms with Crippen LogP contribution in [0.2, 0.25) is 0 Å². The average molecular weight is 465 g/mol. The van der Waals surface area contributed by atoms with E-state index in [-0.39, 0.29) is 17.4 Å². The molecule has 7 nitrogen and oxygen atoms in total. The highest BCUT2D eigenvalue weighted by Crippen LogP contribution is 2.34. The van der Waals surface area contributed by atoms with E-state index in [1.165, 1.54) is 0 Å². The second kappa shape index (κ2) is 14.2. The maximum absolute atomic E-state index is 10.9. The third-order valence-electron chi connectivity index (χ3n) is 4.28. The van der Waals surface area contributed by atoms with Crippen LogP contribution in [0.4, 0.5) is 0 Å². The smallest absolute Gasteiger partial charge is 0.338 e. The van der Waals surface area contributed by atoms with Gasteiger partial charge in [0.15, 0.2) is 0 Å². The Morgan fingerprint density at radius 1 is 0.926 bits per heavy atom. The second-order valence-corrected chi connectivity index (χ2v) is 12.8.